The summed E-state index contributed by atoms with van der Waals surface area (Å²) in [6, 6.07) is 0. The van der Waals surface area contributed by atoms with Crippen molar-refractivity contribution in [3.05, 3.63) is 0 Å². The van der Waals surface area contributed by atoms with Crippen LogP contribution in [0.4, 0.5) is 0 Å². The van der Waals surface area contributed by atoms with E-state index < -0.39 is 38.4 Å². The van der Waals surface area contributed by atoms with Gasteiger partial charge in [0.25, 0.3) is 0 Å². The first-order valence-corrected chi connectivity index (χ1v) is 5.78. The van der Waals surface area contributed by atoms with Crippen LogP contribution in [0.15, 0.2) is 0 Å². The van der Waals surface area contributed by atoms with Crippen LogP contribution in [-0.4, -0.2) is 42.0 Å². The number of hydrogen-bond acceptors (Lipinski definition) is 7. The van der Waals surface area contributed by atoms with E-state index in [4.69, 9.17) is 0 Å². The van der Waals surface area contributed by atoms with Gasteiger partial charge in [0.1, 0.15) is 4.81 Å². The van der Waals surface area contributed by atoms with Crippen molar-refractivity contribution in [2.75, 3.05) is 5.75 Å². The highest BCUT2D eigenvalue weighted by Gasteiger charge is 2.55. The zero-order valence-corrected chi connectivity index (χ0v) is 8.77. The van der Waals surface area contributed by atoms with E-state index in [0.29, 0.717) is 0 Å². The molecule has 2 amide bonds. The van der Waals surface area contributed by atoms with Crippen molar-refractivity contribution in [1.29, 1.82) is 0 Å². The number of hydrogen-bond donors (Lipinski definition) is 2. The van der Waals surface area contributed by atoms with Gasteiger partial charge < -0.3 is 0 Å². The first-order valence-electron chi connectivity index (χ1n) is 4.06. The lowest BCUT2D eigenvalue weighted by Gasteiger charge is -2.15. The highest BCUT2D eigenvalue weighted by molar-refractivity contribution is 7.89. The van der Waals surface area contributed by atoms with Crippen LogP contribution >= 0.6 is 0 Å². The van der Waals surface area contributed by atoms with Gasteiger partial charge in [-0.3, -0.25) is 0 Å². The molecule has 0 radical (unpaired) electrons. The topological polar surface area (TPSA) is 141 Å². The zero-order valence-electron chi connectivity index (χ0n) is 7.95. The summed E-state index contributed by atoms with van der Waals surface area (Å²) in [5, 5.41) is 13.9. The highest BCUT2D eigenvalue weighted by atomic mass is 32.2. The quantitative estimate of drug-likeness (QED) is 0.330. The summed E-state index contributed by atoms with van der Waals surface area (Å²) in [5.74, 6) is -4.78. The maximum atomic E-state index is 11.1. The third-order valence-corrected chi connectivity index (χ3v) is 2.42. The number of carbonyl (C=O) groups is 3. The Morgan fingerprint density at radius 1 is 1.38 bits per heavy atom. The van der Waals surface area contributed by atoms with Crippen LogP contribution < -0.4 is 5.14 Å². The molecule has 0 aromatic rings. The molecule has 90 valence electrons. The van der Waals surface area contributed by atoms with Crippen molar-refractivity contribution in [3.63, 3.8) is 0 Å². The normalized spacial score (nSPS) is 19.9. The van der Waals surface area contributed by atoms with Gasteiger partial charge in [-0.1, -0.05) is 0 Å². The predicted octanol–water partition coefficient (Wildman–Crippen LogP) is -2.21. The van der Waals surface area contributed by atoms with Crippen molar-refractivity contribution in [1.82, 2.24) is 0 Å². The van der Waals surface area contributed by atoms with Crippen molar-refractivity contribution in [3.8, 4) is 0 Å². The molecule has 0 saturated carbocycles. The molecule has 1 heterocycles. The number of quaternary nitrogens is 1. The van der Waals surface area contributed by atoms with Crippen molar-refractivity contribution in [2.45, 2.75) is 12.8 Å². The molecular weight excluding hydrogens is 244 g/mol. The monoisotopic (exact) mass is 253 g/mol. The second-order valence-electron chi connectivity index (χ2n) is 3.13. The van der Waals surface area contributed by atoms with Gasteiger partial charge in [-0.05, 0) is 0 Å². The predicted molar refractivity (Wildman–Crippen MR) is 45.4 cm³/mol. The average molecular weight is 253 g/mol. The Morgan fingerprint density at radius 2 is 1.81 bits per heavy atom. The summed E-state index contributed by atoms with van der Waals surface area (Å²) in [6.07, 6.45) is -0.560. The highest BCUT2D eigenvalue weighted by Crippen LogP contribution is 2.20. The fraction of sp³-hybridized carbons (Fsp3) is 0.500. The lowest BCUT2D eigenvalue weighted by molar-refractivity contribution is -1.12. The Bertz CT molecular complexity index is 437. The van der Waals surface area contributed by atoms with Gasteiger partial charge in [0.15, 0.2) is 5.75 Å². The number of carbonyl (C=O) groups excluding carboxylic acids is 3. The van der Waals surface area contributed by atoms with E-state index in [1.807, 2.05) is 0 Å². The second-order valence-corrected chi connectivity index (χ2v) is 4.75. The minimum atomic E-state index is -4.14. The van der Waals surface area contributed by atoms with E-state index in [1.165, 1.54) is 0 Å². The van der Waals surface area contributed by atoms with Gasteiger partial charge in [0, 0.05) is 0 Å². The molecule has 0 aromatic heterocycles. The number of imide groups is 1. The van der Waals surface area contributed by atoms with Gasteiger partial charge in [0.05, 0.1) is 12.8 Å². The Kier molecular flexibility index (Phi) is 3.10. The molecule has 1 rings (SSSR count). The molecule has 0 atom stereocenters. The molecule has 3 N–H and O–H groups in total. The fourth-order valence-electron chi connectivity index (χ4n) is 1.10. The molecule has 1 aliphatic rings. The third-order valence-electron chi connectivity index (χ3n) is 1.78. The van der Waals surface area contributed by atoms with Crippen molar-refractivity contribution >= 4 is 27.8 Å². The van der Waals surface area contributed by atoms with Gasteiger partial charge in [-0.15, -0.1) is 0 Å². The fourth-order valence-corrected chi connectivity index (χ4v) is 1.48. The summed E-state index contributed by atoms with van der Waals surface area (Å²) >= 11 is 0. The Labute approximate surface area is 89.9 Å². The van der Waals surface area contributed by atoms with Crippen LogP contribution in [0.2, 0.25) is 0 Å². The van der Waals surface area contributed by atoms with E-state index in [0.717, 1.165) is 0 Å². The number of rotatable bonds is 3. The number of nitrogens with two attached hydrogens (primary N) is 1. The Balaban J connectivity index is 2.77. The molecule has 0 aliphatic carbocycles. The molecule has 0 aromatic carbocycles. The molecule has 16 heavy (non-hydrogen) atoms. The van der Waals surface area contributed by atoms with Gasteiger partial charge in [-0.2, -0.15) is 5.21 Å². The van der Waals surface area contributed by atoms with Crippen molar-refractivity contribution in [2.24, 2.45) is 5.14 Å². The van der Waals surface area contributed by atoms with Crippen LogP contribution in [0.25, 0.3) is 0 Å². The number of primary sulfonamides is 1. The first kappa shape index (κ1) is 12.7. The maximum absolute atomic E-state index is 11.1. The van der Waals surface area contributed by atoms with E-state index in [9.17, 15) is 28.0 Å². The Hall–Kier alpha value is -1.36. The molecule has 10 heteroatoms. The summed E-state index contributed by atoms with van der Waals surface area (Å²) in [4.78, 5) is 35.0. The summed E-state index contributed by atoms with van der Waals surface area (Å²) in [6.45, 7) is 0. The van der Waals surface area contributed by atoms with Crippen molar-refractivity contribution < 1.29 is 37.7 Å². The number of nitrogens with zero attached hydrogens (tertiary/aromatic N) is 1. The molecule has 1 fully saturated rings. The molecule has 0 bridgehead atoms. The summed E-state index contributed by atoms with van der Waals surface area (Å²) in [5.41, 5.74) is 0. The molecular formula is C6H9N2O7S+. The smallest absolute Gasteiger partial charge is 0.244 e. The molecule has 1 aliphatic heterocycles. The standard InChI is InChI=1S/C6H9N2O7S/c7-16(13,14)3-6(11)15-8(12)4(9)1-2-5(8)10/h12H,1-3H2,(H2,7,13,14)/q+1. The lowest BCUT2D eigenvalue weighted by Crippen LogP contribution is -2.51. The number of sulfonamides is 1. The first-order chi connectivity index (χ1) is 7.15. The van der Waals surface area contributed by atoms with E-state index in [-0.39, 0.29) is 12.8 Å². The van der Waals surface area contributed by atoms with E-state index in [2.05, 4.69) is 9.98 Å². The average Bonchev–Trinajstić information content (AvgIpc) is 2.29. The summed E-state index contributed by atoms with van der Waals surface area (Å²) in [7, 11) is -4.14. The largest absolute Gasteiger partial charge is 0.397 e. The molecule has 0 unspecified atom stereocenters. The third kappa shape index (κ3) is 2.61. The van der Waals surface area contributed by atoms with Crippen LogP contribution in [-0.2, 0) is 29.2 Å². The number of hydroxylamine groups is 4. The molecule has 0 spiro atoms. The van der Waals surface area contributed by atoms with Gasteiger partial charge in [-0.25, -0.2) is 32.8 Å². The second kappa shape index (κ2) is 3.90. The van der Waals surface area contributed by atoms with Crippen LogP contribution in [0.3, 0.4) is 0 Å². The van der Waals surface area contributed by atoms with Crippen LogP contribution in [0.5, 0.6) is 0 Å². The molecule has 1 saturated heterocycles. The van der Waals surface area contributed by atoms with E-state index in [1.54, 1.807) is 0 Å². The lowest BCUT2D eigenvalue weighted by atomic mass is 10.4. The summed E-state index contributed by atoms with van der Waals surface area (Å²) < 4.78 is 21.0. The van der Waals surface area contributed by atoms with Gasteiger partial charge >= 0.3 is 17.8 Å². The minimum Gasteiger partial charge on any atom is -0.244 e. The van der Waals surface area contributed by atoms with Gasteiger partial charge in [0.2, 0.25) is 10.0 Å². The Morgan fingerprint density at radius 3 is 2.19 bits per heavy atom. The van der Waals surface area contributed by atoms with E-state index >= 15 is 0 Å². The molecule has 9 nitrogen and oxygen atoms in total. The zero-order chi connectivity index (χ0) is 12.6. The van der Waals surface area contributed by atoms with Crippen LogP contribution in [0.1, 0.15) is 12.8 Å². The maximum Gasteiger partial charge on any atom is 0.397 e. The SMILES string of the molecule is NS(=O)(=O)CC(=O)O[N+]1(O)C(=O)CCC1=O. The van der Waals surface area contributed by atoms with Crippen LogP contribution in [0, 0.1) is 0 Å². The minimum absolute atomic E-state index is 0.280. The number of amides is 2.